The maximum absolute atomic E-state index is 17.4. The number of likely N-dealkylation sites (tertiary alicyclic amines) is 2. The number of nitrogens with one attached hydrogen (secondary N) is 2. The van der Waals surface area contributed by atoms with E-state index in [1.807, 2.05) is 96.1 Å². The number of piperazine rings is 1. The van der Waals surface area contributed by atoms with Gasteiger partial charge in [-0.25, -0.2) is 14.2 Å². The number of hydrogen-bond acceptors (Lipinski definition) is 15. The number of ether oxygens (including phenoxy) is 3. The number of thiazole rings is 1. The van der Waals surface area contributed by atoms with Crippen molar-refractivity contribution in [2.75, 3.05) is 64.0 Å². The molecule has 10 rings (SSSR count). The van der Waals surface area contributed by atoms with Crippen molar-refractivity contribution in [3.63, 3.8) is 0 Å². The summed E-state index contributed by atoms with van der Waals surface area (Å²) in [5.74, 6) is -0.857. The van der Waals surface area contributed by atoms with Crippen LogP contribution in [0.5, 0.6) is 11.8 Å². The highest BCUT2D eigenvalue weighted by molar-refractivity contribution is 7.13. The quantitative estimate of drug-likeness (QED) is 0.0733. The summed E-state index contributed by atoms with van der Waals surface area (Å²) >= 11 is 1.62. The summed E-state index contributed by atoms with van der Waals surface area (Å²) in [7, 11) is 0. The van der Waals surface area contributed by atoms with Crippen LogP contribution in [-0.4, -0.2) is 152 Å². The van der Waals surface area contributed by atoms with E-state index in [0.29, 0.717) is 68.8 Å². The first-order valence-corrected chi connectivity index (χ1v) is 30.8. The van der Waals surface area contributed by atoms with E-state index in [-0.39, 0.29) is 84.0 Å². The largest absolute Gasteiger partial charge is 0.508 e. The molecule has 3 N–H and O–H groups in total. The highest BCUT2D eigenvalue weighted by atomic mass is 32.1. The zero-order valence-corrected chi connectivity index (χ0v) is 50.8. The number of aromatic nitrogens is 4. The third kappa shape index (κ3) is 13.2. The van der Waals surface area contributed by atoms with Gasteiger partial charge in [-0.15, -0.1) is 11.3 Å². The van der Waals surface area contributed by atoms with Crippen LogP contribution in [0.3, 0.4) is 0 Å². The van der Waals surface area contributed by atoms with Crippen molar-refractivity contribution in [2.45, 2.75) is 149 Å². The SMILES string of the molecule is CCc1ncsc1-c1ccc(C(C)NC(=O)C2CCCN2C(=O)C(NC(=O)COCC2CCN(CCOc3nc(N4CC5CCC(C4)N5C(=O)OC(C)(C)C)c4cnc(-c5cc(O)cc6cccc(CC)c56)c(F)c4n3)CC2)C(C)(C)C)cc1. The maximum atomic E-state index is 17.4. The summed E-state index contributed by atoms with van der Waals surface area (Å²) in [5, 5.41) is 18.9. The molecule has 18 nitrogen and oxygen atoms in total. The van der Waals surface area contributed by atoms with E-state index in [1.165, 1.54) is 0 Å². The van der Waals surface area contributed by atoms with Gasteiger partial charge in [-0.1, -0.05) is 77.1 Å². The Labute approximate surface area is 495 Å². The number of fused-ring (bicyclic) bond motifs is 4. The molecule has 3 aromatic heterocycles. The number of anilines is 1. The van der Waals surface area contributed by atoms with Crippen LogP contribution in [0.1, 0.15) is 124 Å². The van der Waals surface area contributed by atoms with E-state index in [2.05, 4.69) is 44.5 Å². The normalized spacial score (nSPS) is 19.5. The number of rotatable bonds is 18. The Morgan fingerprint density at radius 3 is 2.31 bits per heavy atom. The molecule has 6 aromatic rings. The first-order valence-electron chi connectivity index (χ1n) is 29.9. The molecule has 5 unspecified atom stereocenters. The van der Waals surface area contributed by atoms with Crippen LogP contribution >= 0.6 is 11.3 Å². The van der Waals surface area contributed by atoms with Gasteiger partial charge < -0.3 is 39.8 Å². The van der Waals surface area contributed by atoms with Crippen LogP contribution in [0.25, 0.3) is 43.4 Å². The summed E-state index contributed by atoms with van der Waals surface area (Å²) in [6.07, 6.45) is 7.28. The molecule has 0 saturated carbocycles. The molecule has 4 aliphatic heterocycles. The zero-order valence-electron chi connectivity index (χ0n) is 50.0. The number of piperidine rings is 1. The number of aryl methyl sites for hydroxylation is 2. The molecule has 4 fully saturated rings. The van der Waals surface area contributed by atoms with Gasteiger partial charge in [-0.2, -0.15) is 9.97 Å². The lowest BCUT2D eigenvalue weighted by Gasteiger charge is -2.42. The van der Waals surface area contributed by atoms with Crippen LogP contribution in [0, 0.1) is 17.2 Å². The second-order valence-electron chi connectivity index (χ2n) is 25.1. The molecule has 0 spiro atoms. The van der Waals surface area contributed by atoms with Gasteiger partial charge >= 0.3 is 12.1 Å². The summed E-state index contributed by atoms with van der Waals surface area (Å²) in [4.78, 5) is 82.9. The van der Waals surface area contributed by atoms with E-state index in [1.54, 1.807) is 34.6 Å². The van der Waals surface area contributed by atoms with E-state index in [0.717, 1.165) is 83.2 Å². The van der Waals surface area contributed by atoms with Gasteiger partial charge in [0, 0.05) is 37.9 Å². The van der Waals surface area contributed by atoms with Gasteiger partial charge in [0.05, 0.1) is 46.2 Å². The lowest BCUT2D eigenvalue weighted by Crippen LogP contribution is -2.58. The lowest BCUT2D eigenvalue weighted by molar-refractivity contribution is -0.144. The highest BCUT2D eigenvalue weighted by Gasteiger charge is 2.46. The minimum atomic E-state index is -0.867. The number of nitrogens with zero attached hydrogens (tertiary/aromatic N) is 8. The third-order valence-electron chi connectivity index (χ3n) is 16.9. The monoisotopic (exact) mass is 1170 g/mol. The van der Waals surface area contributed by atoms with Crippen LogP contribution < -0.4 is 20.3 Å². The molecule has 4 aliphatic rings. The maximum Gasteiger partial charge on any atom is 0.410 e. The van der Waals surface area contributed by atoms with E-state index in [4.69, 9.17) is 29.2 Å². The number of halogens is 1. The number of phenolic OH excluding ortho intramolecular Hbond substituents is 1. The Morgan fingerprint density at radius 2 is 1.62 bits per heavy atom. The molecule has 7 heterocycles. The molecule has 2 bridgehead atoms. The Hall–Kier alpha value is -7.03. The first-order chi connectivity index (χ1) is 40.2. The first kappa shape index (κ1) is 60.1. The average molecular weight is 1170 g/mol. The van der Waals surface area contributed by atoms with Gasteiger partial charge in [0.15, 0.2) is 5.82 Å². The summed E-state index contributed by atoms with van der Waals surface area (Å²) < 4.78 is 35.5. The molecule has 0 radical (unpaired) electrons. The van der Waals surface area contributed by atoms with Gasteiger partial charge in [0.2, 0.25) is 17.7 Å². The van der Waals surface area contributed by atoms with E-state index >= 15 is 4.39 Å². The number of phenols is 1. The Morgan fingerprint density at radius 1 is 0.881 bits per heavy atom. The van der Waals surface area contributed by atoms with Crippen LogP contribution in [0.15, 0.2) is 66.3 Å². The predicted molar refractivity (Wildman–Crippen MR) is 323 cm³/mol. The van der Waals surface area contributed by atoms with Crippen LogP contribution in [-0.2, 0) is 36.7 Å². The number of benzene rings is 3. The van der Waals surface area contributed by atoms with Crippen LogP contribution in [0.2, 0.25) is 0 Å². The Kier molecular flexibility index (Phi) is 18.1. The molecular formula is C64H81FN10O8S. The molecule has 0 aliphatic carbocycles. The average Bonchev–Trinajstić information content (AvgIpc) is 1.31. The number of carbonyl (C=O) groups excluding carboxylic acids is 4. The zero-order chi connectivity index (χ0) is 59.6. The van der Waals surface area contributed by atoms with Crippen molar-refractivity contribution in [1.29, 1.82) is 0 Å². The van der Waals surface area contributed by atoms with Crippen molar-refractivity contribution in [2.24, 2.45) is 11.3 Å². The van der Waals surface area contributed by atoms with Gasteiger partial charge in [0.25, 0.3) is 0 Å². The van der Waals surface area contributed by atoms with Gasteiger partial charge in [-0.05, 0) is 143 Å². The topological polar surface area (TPSA) is 205 Å². The summed E-state index contributed by atoms with van der Waals surface area (Å²) in [6, 6.07) is 15.2. The van der Waals surface area contributed by atoms with Crippen molar-refractivity contribution in [3.05, 3.63) is 88.9 Å². The highest BCUT2D eigenvalue weighted by Crippen LogP contribution is 2.41. The standard InChI is InChI=1S/C64H81FN10O8S/c1-10-40-14-12-15-43-30-46(76)31-47(52(40)43)54-53(65)55-48(32-66-54)58(73-33-44-21-22-45(34-73)75(44)62(80)83-64(7,8)9)71-61(70-55)82-29-28-72-26-23-39(24-27-72)35-81-36-51(77)69-57(63(4,5)6)60(79)74-25-13-16-50(74)59(78)68-38(3)41-17-19-42(20-18-41)56-49(11-2)67-37-84-56/h12,14-15,17-20,30-32,37-39,44-45,50,57,76H,10-11,13,16,21-29,33-36H2,1-9H3,(H,68,78)(H,69,77). The molecule has 20 heteroatoms. The Balaban J connectivity index is 0.738. The molecular weight excluding hydrogens is 1090 g/mol. The molecule has 4 amide bonds. The van der Waals surface area contributed by atoms with Crippen molar-refractivity contribution >= 4 is 62.6 Å². The Bertz CT molecular complexity index is 3360. The second-order valence-corrected chi connectivity index (χ2v) is 25.9. The molecule has 4 saturated heterocycles. The van der Waals surface area contributed by atoms with Crippen molar-refractivity contribution in [3.8, 4) is 33.5 Å². The number of carbonyl (C=O) groups is 4. The molecule has 448 valence electrons. The third-order valence-corrected chi connectivity index (χ3v) is 17.8. The second kappa shape index (κ2) is 25.3. The van der Waals surface area contributed by atoms with Crippen LogP contribution in [0.4, 0.5) is 15.0 Å². The lowest BCUT2D eigenvalue weighted by atomic mass is 9.85. The molecule has 5 atom stereocenters. The fraction of sp³-hybridized carbons (Fsp3) is 0.531. The summed E-state index contributed by atoms with van der Waals surface area (Å²) in [5.41, 5.74) is 5.26. The minimum Gasteiger partial charge on any atom is -0.508 e. The van der Waals surface area contributed by atoms with Crippen molar-refractivity contribution in [1.82, 2.24) is 45.3 Å². The van der Waals surface area contributed by atoms with E-state index < -0.39 is 28.9 Å². The molecule has 3 aromatic carbocycles. The van der Waals surface area contributed by atoms with E-state index in [9.17, 15) is 24.3 Å². The smallest absolute Gasteiger partial charge is 0.410 e. The number of pyridine rings is 1. The number of aromatic hydroxyl groups is 1. The van der Waals surface area contributed by atoms with Gasteiger partial charge in [0.1, 0.15) is 53.7 Å². The minimum absolute atomic E-state index is 0.00429. The van der Waals surface area contributed by atoms with Gasteiger partial charge in [-0.3, -0.25) is 29.2 Å². The number of amides is 4. The molecule has 84 heavy (non-hydrogen) atoms. The number of hydrogen-bond donors (Lipinski definition) is 3. The predicted octanol–water partition coefficient (Wildman–Crippen LogP) is 10.0. The fourth-order valence-corrected chi connectivity index (χ4v) is 13.4. The summed E-state index contributed by atoms with van der Waals surface area (Å²) in [6.45, 7) is 21.2. The fourth-order valence-electron chi connectivity index (χ4n) is 12.5. The van der Waals surface area contributed by atoms with Crippen molar-refractivity contribution < 1.29 is 42.9 Å².